The lowest BCUT2D eigenvalue weighted by Gasteiger charge is -2.25. The highest BCUT2D eigenvalue weighted by Crippen LogP contribution is 2.31. The number of ether oxygens (including phenoxy) is 2. The highest BCUT2D eigenvalue weighted by Gasteiger charge is 2.27. The van der Waals surface area contributed by atoms with Gasteiger partial charge in [0.25, 0.3) is 5.91 Å². The second kappa shape index (κ2) is 6.41. The second-order valence-corrected chi connectivity index (χ2v) is 6.39. The normalized spacial score (nSPS) is 15.9. The van der Waals surface area contributed by atoms with Crippen LogP contribution in [0.15, 0.2) is 58.7 Å². The van der Waals surface area contributed by atoms with Crippen LogP contribution in [0.25, 0.3) is 11.1 Å². The number of nitrogens with one attached hydrogen (secondary N) is 1. The first kappa shape index (κ1) is 14.8. The molecule has 5 nitrogen and oxygen atoms in total. The van der Waals surface area contributed by atoms with Gasteiger partial charge in [0.1, 0.15) is 6.61 Å². The van der Waals surface area contributed by atoms with Gasteiger partial charge in [0.05, 0.1) is 19.1 Å². The highest BCUT2D eigenvalue weighted by molar-refractivity contribution is 7.10. The van der Waals surface area contributed by atoms with Crippen molar-refractivity contribution in [3.63, 3.8) is 0 Å². The summed E-state index contributed by atoms with van der Waals surface area (Å²) in [6.45, 7) is 0.677. The van der Waals surface area contributed by atoms with Crippen LogP contribution in [0, 0.1) is 0 Å². The Bertz CT molecular complexity index is 840. The molecule has 4 rings (SSSR count). The number of carbonyl (C=O) groups is 1. The Labute approximate surface area is 142 Å². The summed E-state index contributed by atoms with van der Waals surface area (Å²) in [4.78, 5) is 13.4. The van der Waals surface area contributed by atoms with Crippen LogP contribution >= 0.6 is 11.3 Å². The Kier molecular flexibility index (Phi) is 3.96. The quantitative estimate of drug-likeness (QED) is 0.789. The molecule has 0 fully saturated rings. The van der Waals surface area contributed by atoms with Crippen LogP contribution in [-0.4, -0.2) is 18.6 Å². The molecule has 24 heavy (non-hydrogen) atoms. The average molecular weight is 341 g/mol. The first-order valence-corrected chi connectivity index (χ1v) is 8.44. The molecule has 3 heterocycles. The van der Waals surface area contributed by atoms with E-state index in [9.17, 15) is 4.79 Å². The minimum Gasteiger partial charge on any atom is -0.485 e. The zero-order valence-corrected chi connectivity index (χ0v) is 13.5. The number of benzene rings is 1. The molecule has 6 heteroatoms. The number of rotatable bonds is 4. The summed E-state index contributed by atoms with van der Waals surface area (Å²) in [6.07, 6.45) is 2.72. The number of thiophene rings is 1. The van der Waals surface area contributed by atoms with Crippen LogP contribution < -0.4 is 14.8 Å². The van der Waals surface area contributed by atoms with Crippen LogP contribution in [0.5, 0.6) is 11.5 Å². The zero-order chi connectivity index (χ0) is 16.4. The molecule has 0 saturated heterocycles. The molecule has 3 aromatic rings. The van der Waals surface area contributed by atoms with Crippen molar-refractivity contribution >= 4 is 17.2 Å². The lowest BCUT2D eigenvalue weighted by Crippen LogP contribution is -2.43. The lowest BCUT2D eigenvalue weighted by atomic mass is 10.2. The van der Waals surface area contributed by atoms with E-state index in [0.29, 0.717) is 18.0 Å². The van der Waals surface area contributed by atoms with E-state index in [1.807, 2.05) is 35.7 Å². The maximum absolute atomic E-state index is 12.3. The number of hydrogen-bond donors (Lipinski definition) is 1. The predicted octanol–water partition coefficient (Wildman–Crippen LogP) is 3.46. The summed E-state index contributed by atoms with van der Waals surface area (Å²) >= 11 is 1.60. The van der Waals surface area contributed by atoms with Crippen molar-refractivity contribution < 1.29 is 18.7 Å². The van der Waals surface area contributed by atoms with Gasteiger partial charge < -0.3 is 19.2 Å². The molecule has 1 N–H and O–H groups in total. The maximum atomic E-state index is 12.3. The molecule has 1 unspecified atom stereocenters. The lowest BCUT2D eigenvalue weighted by molar-refractivity contribution is -0.130. The number of amides is 1. The van der Waals surface area contributed by atoms with Gasteiger partial charge in [-0.1, -0.05) is 12.1 Å². The predicted molar refractivity (Wildman–Crippen MR) is 90.2 cm³/mol. The minimum atomic E-state index is -0.631. The summed E-state index contributed by atoms with van der Waals surface area (Å²) in [5.41, 5.74) is 2.12. The third-order valence-electron chi connectivity index (χ3n) is 3.75. The van der Waals surface area contributed by atoms with E-state index in [1.165, 1.54) is 0 Å². The maximum Gasteiger partial charge on any atom is 0.264 e. The summed E-state index contributed by atoms with van der Waals surface area (Å²) in [5, 5.41) is 4.95. The fourth-order valence-corrected chi connectivity index (χ4v) is 3.32. The van der Waals surface area contributed by atoms with E-state index in [4.69, 9.17) is 13.9 Å². The van der Waals surface area contributed by atoms with Crippen molar-refractivity contribution in [2.45, 2.75) is 12.6 Å². The second-order valence-electron chi connectivity index (χ2n) is 5.40. The van der Waals surface area contributed by atoms with E-state index in [2.05, 4.69) is 5.32 Å². The highest BCUT2D eigenvalue weighted by atomic mass is 32.1. The Morgan fingerprint density at radius 3 is 2.92 bits per heavy atom. The zero-order valence-electron chi connectivity index (χ0n) is 12.7. The van der Waals surface area contributed by atoms with Gasteiger partial charge >= 0.3 is 0 Å². The molecular weight excluding hydrogens is 326 g/mol. The van der Waals surface area contributed by atoms with E-state index < -0.39 is 6.10 Å². The van der Waals surface area contributed by atoms with Crippen molar-refractivity contribution in [1.82, 2.24) is 5.32 Å². The van der Waals surface area contributed by atoms with Crippen LogP contribution in [0.4, 0.5) is 0 Å². The van der Waals surface area contributed by atoms with Crippen molar-refractivity contribution in [3.05, 3.63) is 59.2 Å². The van der Waals surface area contributed by atoms with Gasteiger partial charge in [0.15, 0.2) is 11.5 Å². The fourth-order valence-electron chi connectivity index (χ4n) is 2.49. The molecule has 0 bridgehead atoms. The summed E-state index contributed by atoms with van der Waals surface area (Å²) in [7, 11) is 0. The van der Waals surface area contributed by atoms with Crippen LogP contribution in [0.1, 0.15) is 4.88 Å². The van der Waals surface area contributed by atoms with E-state index >= 15 is 0 Å². The minimum absolute atomic E-state index is 0.178. The Morgan fingerprint density at radius 2 is 2.08 bits per heavy atom. The molecule has 122 valence electrons. The molecular formula is C18H15NO4S. The number of furan rings is 1. The fraction of sp³-hybridized carbons (Fsp3) is 0.167. The standard InChI is InChI=1S/C18H15NO4S/c20-18(17-10-22-15-3-1-2-4-16(15)23-17)19-8-14-7-13(11-24-14)12-5-6-21-9-12/h1-7,9,11,17H,8,10H2,(H,19,20). The van der Waals surface area contributed by atoms with Gasteiger partial charge in [-0.2, -0.15) is 0 Å². The molecule has 0 saturated carbocycles. The smallest absolute Gasteiger partial charge is 0.264 e. The van der Waals surface area contributed by atoms with Crippen LogP contribution in [0.2, 0.25) is 0 Å². The molecule has 1 aromatic carbocycles. The van der Waals surface area contributed by atoms with E-state index in [0.717, 1.165) is 16.0 Å². The van der Waals surface area contributed by atoms with Gasteiger partial charge in [-0.15, -0.1) is 11.3 Å². The van der Waals surface area contributed by atoms with Crippen LogP contribution in [-0.2, 0) is 11.3 Å². The number of para-hydroxylation sites is 2. The summed E-state index contributed by atoms with van der Waals surface area (Å²) in [6, 6.07) is 11.3. The largest absolute Gasteiger partial charge is 0.485 e. The van der Waals surface area contributed by atoms with Gasteiger partial charge in [0, 0.05) is 10.4 Å². The SMILES string of the molecule is O=C(NCc1cc(-c2ccoc2)cs1)C1COc2ccccc2O1. The van der Waals surface area contributed by atoms with E-state index in [-0.39, 0.29) is 12.5 Å². The average Bonchev–Trinajstić information content (AvgIpc) is 3.30. The van der Waals surface area contributed by atoms with Crippen molar-refractivity contribution in [1.29, 1.82) is 0 Å². The Balaban J connectivity index is 1.36. The summed E-state index contributed by atoms with van der Waals surface area (Å²) in [5.74, 6) is 1.09. The van der Waals surface area contributed by atoms with Gasteiger partial charge in [-0.3, -0.25) is 4.79 Å². The molecule has 1 aliphatic rings. The molecule has 2 aromatic heterocycles. The van der Waals surface area contributed by atoms with Crippen molar-refractivity contribution in [2.75, 3.05) is 6.61 Å². The molecule has 0 radical (unpaired) electrons. The summed E-state index contributed by atoms with van der Waals surface area (Å²) < 4.78 is 16.4. The van der Waals surface area contributed by atoms with Crippen LogP contribution in [0.3, 0.4) is 0 Å². The molecule has 1 atom stereocenters. The third-order valence-corrected chi connectivity index (χ3v) is 4.68. The monoisotopic (exact) mass is 341 g/mol. The third kappa shape index (κ3) is 3.00. The molecule has 1 aliphatic heterocycles. The molecule has 0 spiro atoms. The van der Waals surface area contributed by atoms with Crippen molar-refractivity contribution in [3.8, 4) is 22.6 Å². The first-order chi connectivity index (χ1) is 11.8. The van der Waals surface area contributed by atoms with Gasteiger partial charge in [-0.25, -0.2) is 0 Å². The first-order valence-electron chi connectivity index (χ1n) is 7.56. The topological polar surface area (TPSA) is 60.7 Å². The molecule has 1 amide bonds. The number of carbonyl (C=O) groups excluding carboxylic acids is 1. The Morgan fingerprint density at radius 1 is 1.21 bits per heavy atom. The molecule has 0 aliphatic carbocycles. The van der Waals surface area contributed by atoms with Gasteiger partial charge in [0.2, 0.25) is 6.10 Å². The van der Waals surface area contributed by atoms with Gasteiger partial charge in [-0.05, 0) is 35.2 Å². The van der Waals surface area contributed by atoms with Crippen molar-refractivity contribution in [2.24, 2.45) is 0 Å². The van der Waals surface area contributed by atoms with E-state index in [1.54, 1.807) is 29.9 Å². The number of fused-ring (bicyclic) bond motifs is 1. The number of hydrogen-bond acceptors (Lipinski definition) is 5. The Hall–Kier alpha value is -2.73.